The predicted molar refractivity (Wildman–Crippen MR) is 85.4 cm³/mol. The molecule has 1 amide bonds. The first kappa shape index (κ1) is 14.8. The van der Waals surface area contributed by atoms with Crippen molar-refractivity contribution in [1.82, 2.24) is 9.88 Å². The monoisotopic (exact) mass is 310 g/mol. The number of aromatic nitrogens is 1. The maximum atomic E-state index is 12.4. The van der Waals surface area contributed by atoms with Crippen LogP contribution in [0, 0.1) is 0 Å². The minimum Gasteiger partial charge on any atom is -0.382 e. The Hall–Kier alpha value is -1.60. The minimum atomic E-state index is -0.0944. The van der Waals surface area contributed by atoms with Crippen LogP contribution in [0.4, 0.5) is 10.9 Å². The number of nitrogens with zero attached hydrogens (tertiary/aromatic N) is 2. The summed E-state index contributed by atoms with van der Waals surface area (Å²) in [6, 6.07) is 2.27. The van der Waals surface area contributed by atoms with E-state index in [1.165, 1.54) is 11.3 Å². The number of rotatable bonds is 5. The molecule has 0 aliphatic rings. The number of hydrogen-bond donors (Lipinski definition) is 2. The highest BCUT2D eigenvalue weighted by molar-refractivity contribution is 7.18. The van der Waals surface area contributed by atoms with Gasteiger partial charge in [-0.25, -0.2) is 4.98 Å². The molecule has 3 N–H and O–H groups in total. The predicted octanol–water partition coefficient (Wildman–Crippen LogP) is 2.88. The van der Waals surface area contributed by atoms with Gasteiger partial charge in [0.2, 0.25) is 0 Å². The molecule has 0 fully saturated rings. The molecule has 0 spiro atoms. The highest BCUT2D eigenvalue weighted by Gasteiger charge is 2.20. The van der Waals surface area contributed by atoms with Crippen molar-refractivity contribution in [3.05, 3.63) is 27.3 Å². The second kappa shape index (κ2) is 6.23. The summed E-state index contributed by atoms with van der Waals surface area (Å²) in [5.74, 6) is 0.198. The molecule has 2 aromatic rings. The lowest BCUT2D eigenvalue weighted by Gasteiger charge is -2.15. The van der Waals surface area contributed by atoms with E-state index < -0.39 is 0 Å². The Bertz CT molecular complexity index is 577. The molecule has 0 atom stereocenters. The van der Waals surface area contributed by atoms with E-state index in [4.69, 9.17) is 5.73 Å². The van der Waals surface area contributed by atoms with Crippen molar-refractivity contribution >= 4 is 39.5 Å². The van der Waals surface area contributed by atoms with Crippen LogP contribution in [0.25, 0.3) is 0 Å². The van der Waals surface area contributed by atoms with E-state index in [2.05, 4.69) is 10.3 Å². The van der Waals surface area contributed by atoms with E-state index in [9.17, 15) is 4.79 Å². The molecule has 0 unspecified atom stereocenters. The third kappa shape index (κ3) is 3.49. The van der Waals surface area contributed by atoms with E-state index in [0.29, 0.717) is 22.4 Å². The van der Waals surface area contributed by atoms with Gasteiger partial charge in [-0.05, 0) is 36.2 Å². The lowest BCUT2D eigenvalue weighted by molar-refractivity contribution is 0.0791. The molecule has 108 valence electrons. The summed E-state index contributed by atoms with van der Waals surface area (Å²) >= 11 is 2.92. The maximum Gasteiger partial charge on any atom is 0.267 e. The number of nitrogens with one attached hydrogen (secondary N) is 1. The smallest absolute Gasteiger partial charge is 0.267 e. The lowest BCUT2D eigenvalue weighted by Crippen LogP contribution is -2.25. The molecule has 0 aliphatic carbocycles. The quantitative estimate of drug-likeness (QED) is 0.891. The molecular weight excluding hydrogens is 292 g/mol. The van der Waals surface area contributed by atoms with Crippen molar-refractivity contribution in [2.45, 2.75) is 26.4 Å². The SMILES string of the molecule is CC(C)Nc1nc(N)c(C(=O)N(C)Cc2ccsc2)s1. The van der Waals surface area contributed by atoms with Crippen molar-refractivity contribution in [2.24, 2.45) is 0 Å². The lowest BCUT2D eigenvalue weighted by atomic mass is 10.3. The Labute approximate surface area is 126 Å². The molecule has 7 heteroatoms. The largest absolute Gasteiger partial charge is 0.382 e. The second-order valence-corrected chi connectivity index (χ2v) is 6.60. The summed E-state index contributed by atoms with van der Waals surface area (Å²) in [5, 5.41) is 7.88. The fourth-order valence-electron chi connectivity index (χ4n) is 1.70. The first-order valence-corrected chi connectivity index (χ1v) is 8.02. The van der Waals surface area contributed by atoms with Crippen LogP contribution in [-0.4, -0.2) is 28.9 Å². The topological polar surface area (TPSA) is 71.2 Å². The highest BCUT2D eigenvalue weighted by atomic mass is 32.1. The van der Waals surface area contributed by atoms with Gasteiger partial charge in [-0.15, -0.1) is 0 Å². The summed E-state index contributed by atoms with van der Waals surface area (Å²) in [6.07, 6.45) is 0. The van der Waals surface area contributed by atoms with Gasteiger partial charge in [0.1, 0.15) is 10.7 Å². The van der Waals surface area contributed by atoms with Crippen molar-refractivity contribution < 1.29 is 4.79 Å². The fraction of sp³-hybridized carbons (Fsp3) is 0.385. The number of carbonyl (C=O) groups is 1. The van der Waals surface area contributed by atoms with Crippen LogP contribution in [-0.2, 0) is 6.54 Å². The molecule has 2 aromatic heterocycles. The molecule has 0 aromatic carbocycles. The number of anilines is 2. The normalized spacial score (nSPS) is 10.8. The van der Waals surface area contributed by atoms with Gasteiger partial charge >= 0.3 is 0 Å². The van der Waals surface area contributed by atoms with Crippen LogP contribution in [0.2, 0.25) is 0 Å². The van der Waals surface area contributed by atoms with Crippen LogP contribution < -0.4 is 11.1 Å². The summed E-state index contributed by atoms with van der Waals surface area (Å²) in [7, 11) is 1.77. The molecular formula is C13H18N4OS2. The number of nitrogen functional groups attached to an aromatic ring is 1. The number of hydrogen-bond acceptors (Lipinski definition) is 6. The molecule has 20 heavy (non-hydrogen) atoms. The maximum absolute atomic E-state index is 12.4. The van der Waals surface area contributed by atoms with Crippen LogP contribution in [0.1, 0.15) is 29.1 Å². The summed E-state index contributed by atoms with van der Waals surface area (Å²) < 4.78 is 0. The Morgan fingerprint density at radius 2 is 2.30 bits per heavy atom. The van der Waals surface area contributed by atoms with Crippen molar-refractivity contribution in [1.29, 1.82) is 0 Å². The van der Waals surface area contributed by atoms with Crippen molar-refractivity contribution in [3.63, 3.8) is 0 Å². The summed E-state index contributed by atoms with van der Waals surface area (Å²) in [5.41, 5.74) is 6.96. The molecule has 0 saturated heterocycles. The van der Waals surface area contributed by atoms with Crippen molar-refractivity contribution in [3.8, 4) is 0 Å². The van der Waals surface area contributed by atoms with Crippen molar-refractivity contribution in [2.75, 3.05) is 18.1 Å². The Morgan fingerprint density at radius 1 is 1.55 bits per heavy atom. The average Bonchev–Trinajstić information content (AvgIpc) is 2.97. The van der Waals surface area contributed by atoms with Gasteiger partial charge < -0.3 is 16.0 Å². The molecule has 0 radical (unpaired) electrons. The third-order valence-electron chi connectivity index (χ3n) is 2.61. The van der Waals surface area contributed by atoms with Gasteiger partial charge in [-0.1, -0.05) is 11.3 Å². The number of thiazole rings is 1. The van der Waals surface area contributed by atoms with E-state index >= 15 is 0 Å². The zero-order valence-corrected chi connectivity index (χ0v) is 13.3. The molecule has 0 aliphatic heterocycles. The van der Waals surface area contributed by atoms with Crippen LogP contribution in [0.15, 0.2) is 16.8 Å². The van der Waals surface area contributed by atoms with Gasteiger partial charge in [0.25, 0.3) is 5.91 Å². The van der Waals surface area contributed by atoms with Crippen LogP contribution in [0.5, 0.6) is 0 Å². The minimum absolute atomic E-state index is 0.0944. The van der Waals surface area contributed by atoms with Gasteiger partial charge in [-0.2, -0.15) is 11.3 Å². The number of amides is 1. The zero-order valence-electron chi connectivity index (χ0n) is 11.7. The van der Waals surface area contributed by atoms with E-state index in [-0.39, 0.29) is 11.9 Å². The summed E-state index contributed by atoms with van der Waals surface area (Å²) in [6.45, 7) is 4.61. The molecule has 2 rings (SSSR count). The van der Waals surface area contributed by atoms with Crippen LogP contribution >= 0.6 is 22.7 Å². The Balaban J connectivity index is 2.10. The first-order chi connectivity index (χ1) is 9.47. The van der Waals surface area contributed by atoms with E-state index in [1.807, 2.05) is 30.7 Å². The zero-order chi connectivity index (χ0) is 14.7. The number of thiophene rings is 1. The van der Waals surface area contributed by atoms with Gasteiger partial charge in [0, 0.05) is 19.6 Å². The second-order valence-electron chi connectivity index (χ2n) is 4.83. The molecule has 2 heterocycles. The standard InChI is InChI=1S/C13H18N4OS2/c1-8(2)15-13-16-11(14)10(20-13)12(18)17(3)6-9-4-5-19-7-9/h4-5,7-8H,6,14H2,1-3H3,(H,15,16). The van der Waals surface area contributed by atoms with Gasteiger partial charge in [-0.3, -0.25) is 4.79 Å². The van der Waals surface area contributed by atoms with E-state index in [0.717, 1.165) is 5.56 Å². The highest BCUT2D eigenvalue weighted by Crippen LogP contribution is 2.27. The molecule has 0 saturated carbocycles. The third-order valence-corrected chi connectivity index (χ3v) is 4.33. The summed E-state index contributed by atoms with van der Waals surface area (Å²) in [4.78, 5) is 18.7. The number of nitrogens with two attached hydrogens (primary N) is 1. The van der Waals surface area contributed by atoms with Crippen LogP contribution in [0.3, 0.4) is 0 Å². The fourth-order valence-corrected chi connectivity index (χ4v) is 3.38. The van der Waals surface area contributed by atoms with E-state index in [1.54, 1.807) is 23.3 Å². The van der Waals surface area contributed by atoms with Gasteiger partial charge in [0.15, 0.2) is 5.13 Å². The Morgan fingerprint density at radius 3 is 2.90 bits per heavy atom. The molecule has 5 nitrogen and oxygen atoms in total. The van der Waals surface area contributed by atoms with Gasteiger partial charge in [0.05, 0.1) is 0 Å². The molecule has 0 bridgehead atoms. The Kier molecular flexibility index (Phi) is 4.61. The first-order valence-electron chi connectivity index (χ1n) is 6.26. The average molecular weight is 310 g/mol. The number of carbonyl (C=O) groups excluding carboxylic acids is 1.